The predicted octanol–water partition coefficient (Wildman–Crippen LogP) is 2.81. The molecule has 90 valence electrons. The third kappa shape index (κ3) is 1.46. The van der Waals surface area contributed by atoms with Gasteiger partial charge in [0.25, 0.3) is 0 Å². The molecule has 1 unspecified atom stereocenters. The number of methoxy groups -OCH3 is 1. The van der Waals surface area contributed by atoms with E-state index in [0.29, 0.717) is 5.78 Å². The Balaban J connectivity index is 1.85. The van der Waals surface area contributed by atoms with Gasteiger partial charge in [-0.1, -0.05) is 0 Å². The summed E-state index contributed by atoms with van der Waals surface area (Å²) in [7, 11) is 1.66. The minimum atomic E-state index is -0.198. The average molecular weight is 222 g/mol. The molecule has 4 rings (SSSR count). The third-order valence-corrected chi connectivity index (χ3v) is 5.28. The smallest absolute Gasteiger partial charge is 0.167 e. The van der Waals surface area contributed by atoms with Gasteiger partial charge >= 0.3 is 0 Å². The second kappa shape index (κ2) is 3.56. The van der Waals surface area contributed by atoms with Crippen molar-refractivity contribution in [1.29, 1.82) is 0 Å². The average Bonchev–Trinajstić information content (AvgIpc) is 2.25. The summed E-state index contributed by atoms with van der Waals surface area (Å²) in [5, 5.41) is 0. The molecule has 4 aliphatic carbocycles. The van der Waals surface area contributed by atoms with Crippen LogP contribution < -0.4 is 0 Å². The van der Waals surface area contributed by atoms with E-state index in [0.717, 1.165) is 37.0 Å². The van der Waals surface area contributed by atoms with Gasteiger partial charge in [-0.25, -0.2) is 0 Å². The summed E-state index contributed by atoms with van der Waals surface area (Å²) in [6.45, 7) is 1.92. The second-order valence-electron chi connectivity index (χ2n) is 6.44. The Bertz CT molecular complexity index is 273. The summed E-state index contributed by atoms with van der Waals surface area (Å²) < 4.78 is 5.25. The van der Waals surface area contributed by atoms with Crippen LogP contribution in [0.5, 0.6) is 0 Å². The van der Waals surface area contributed by atoms with Crippen molar-refractivity contribution in [2.24, 2.45) is 23.2 Å². The van der Waals surface area contributed by atoms with Crippen molar-refractivity contribution in [3.63, 3.8) is 0 Å². The van der Waals surface area contributed by atoms with Gasteiger partial charge in [-0.15, -0.1) is 0 Å². The van der Waals surface area contributed by atoms with Crippen LogP contribution in [0.15, 0.2) is 0 Å². The summed E-state index contributed by atoms with van der Waals surface area (Å²) in [6, 6.07) is 0. The summed E-state index contributed by atoms with van der Waals surface area (Å²) in [4.78, 5) is 12.5. The molecule has 16 heavy (non-hydrogen) atoms. The van der Waals surface area contributed by atoms with Gasteiger partial charge in [-0.05, 0) is 63.2 Å². The number of Topliss-reactive ketones (excluding diaryl/α,β-unsaturated/α-hetero) is 1. The molecule has 0 aliphatic heterocycles. The molecule has 4 fully saturated rings. The zero-order chi connectivity index (χ0) is 11.3. The molecule has 4 bridgehead atoms. The molecule has 0 aromatic carbocycles. The molecule has 0 heterocycles. The maximum absolute atomic E-state index is 12.5. The van der Waals surface area contributed by atoms with Crippen LogP contribution in [0.4, 0.5) is 0 Å². The van der Waals surface area contributed by atoms with Crippen LogP contribution >= 0.6 is 0 Å². The zero-order valence-electron chi connectivity index (χ0n) is 10.4. The van der Waals surface area contributed by atoms with Crippen molar-refractivity contribution in [3.05, 3.63) is 0 Å². The molecule has 0 saturated heterocycles. The molecular formula is C14H22O2. The largest absolute Gasteiger partial charge is 0.374 e. The lowest BCUT2D eigenvalue weighted by Crippen LogP contribution is -2.52. The predicted molar refractivity (Wildman–Crippen MR) is 62.1 cm³/mol. The maximum atomic E-state index is 12.5. The number of hydrogen-bond donors (Lipinski definition) is 0. The SMILES string of the molecule is COC(C)C(=O)C12CC3CC(CC(C3)C1)C2. The Labute approximate surface area is 97.7 Å². The van der Waals surface area contributed by atoms with Crippen LogP contribution in [-0.4, -0.2) is 19.0 Å². The minimum absolute atomic E-state index is 0.0180. The summed E-state index contributed by atoms with van der Waals surface area (Å²) in [6.07, 6.45) is 7.47. The fraction of sp³-hybridized carbons (Fsp3) is 0.929. The highest BCUT2D eigenvalue weighted by molar-refractivity contribution is 5.89. The maximum Gasteiger partial charge on any atom is 0.167 e. The monoisotopic (exact) mass is 222 g/mol. The number of ketones is 1. The molecular weight excluding hydrogens is 200 g/mol. The van der Waals surface area contributed by atoms with Crippen molar-refractivity contribution in [1.82, 2.24) is 0 Å². The van der Waals surface area contributed by atoms with Gasteiger partial charge in [-0.2, -0.15) is 0 Å². The van der Waals surface area contributed by atoms with E-state index in [1.54, 1.807) is 7.11 Å². The molecule has 0 N–H and O–H groups in total. The van der Waals surface area contributed by atoms with Crippen molar-refractivity contribution >= 4 is 5.78 Å². The van der Waals surface area contributed by atoms with Gasteiger partial charge in [0.05, 0.1) is 0 Å². The molecule has 0 amide bonds. The Morgan fingerprint density at radius 1 is 1.12 bits per heavy atom. The van der Waals surface area contributed by atoms with E-state index >= 15 is 0 Å². The van der Waals surface area contributed by atoms with Crippen molar-refractivity contribution < 1.29 is 9.53 Å². The fourth-order valence-corrected chi connectivity index (χ4v) is 4.95. The first-order valence-corrected chi connectivity index (χ1v) is 6.70. The van der Waals surface area contributed by atoms with E-state index in [4.69, 9.17) is 4.74 Å². The normalized spacial score (nSPS) is 47.0. The number of carbonyl (C=O) groups excluding carboxylic acids is 1. The topological polar surface area (TPSA) is 26.3 Å². The Morgan fingerprint density at radius 3 is 1.94 bits per heavy atom. The van der Waals surface area contributed by atoms with Gasteiger partial charge in [0.1, 0.15) is 6.10 Å². The van der Waals surface area contributed by atoms with Crippen molar-refractivity contribution in [2.45, 2.75) is 51.6 Å². The van der Waals surface area contributed by atoms with Gasteiger partial charge in [0.2, 0.25) is 0 Å². The van der Waals surface area contributed by atoms with Crippen molar-refractivity contribution in [3.8, 4) is 0 Å². The van der Waals surface area contributed by atoms with Gasteiger partial charge in [0, 0.05) is 12.5 Å². The lowest BCUT2D eigenvalue weighted by Gasteiger charge is -2.56. The van der Waals surface area contributed by atoms with E-state index in [1.165, 1.54) is 19.3 Å². The zero-order valence-corrected chi connectivity index (χ0v) is 10.4. The van der Waals surface area contributed by atoms with Gasteiger partial charge < -0.3 is 4.74 Å². The lowest BCUT2D eigenvalue weighted by molar-refractivity contribution is -0.153. The van der Waals surface area contributed by atoms with Gasteiger partial charge in [-0.3, -0.25) is 4.79 Å². The summed E-state index contributed by atoms with van der Waals surface area (Å²) >= 11 is 0. The van der Waals surface area contributed by atoms with Crippen LogP contribution in [0.25, 0.3) is 0 Å². The first-order valence-electron chi connectivity index (χ1n) is 6.70. The van der Waals surface area contributed by atoms with Crippen LogP contribution in [0.3, 0.4) is 0 Å². The van der Waals surface area contributed by atoms with Crippen LogP contribution in [0, 0.1) is 23.2 Å². The molecule has 0 aromatic rings. The van der Waals surface area contributed by atoms with E-state index in [1.807, 2.05) is 6.92 Å². The van der Waals surface area contributed by atoms with E-state index in [9.17, 15) is 4.79 Å². The van der Waals surface area contributed by atoms with E-state index < -0.39 is 0 Å². The van der Waals surface area contributed by atoms with Crippen molar-refractivity contribution in [2.75, 3.05) is 7.11 Å². The first-order chi connectivity index (χ1) is 7.63. The van der Waals surface area contributed by atoms with E-state index in [-0.39, 0.29) is 11.5 Å². The summed E-state index contributed by atoms with van der Waals surface area (Å²) in [5.74, 6) is 2.94. The highest BCUT2D eigenvalue weighted by Crippen LogP contribution is 2.60. The summed E-state index contributed by atoms with van der Waals surface area (Å²) in [5.41, 5.74) is 0.0180. The molecule has 4 aliphatic rings. The molecule has 2 heteroatoms. The standard InChI is InChI=1S/C14H22O2/c1-9(16-2)13(15)14-6-10-3-11(7-14)5-12(4-10)8-14/h9-12H,3-8H2,1-2H3. The molecule has 1 atom stereocenters. The molecule has 2 nitrogen and oxygen atoms in total. The van der Waals surface area contributed by atoms with Crippen LogP contribution in [-0.2, 0) is 9.53 Å². The molecule has 0 spiro atoms. The highest BCUT2D eigenvalue weighted by atomic mass is 16.5. The van der Waals surface area contributed by atoms with Gasteiger partial charge in [0.15, 0.2) is 5.78 Å². The highest BCUT2D eigenvalue weighted by Gasteiger charge is 2.55. The molecule has 0 radical (unpaired) electrons. The number of hydrogen-bond acceptors (Lipinski definition) is 2. The number of ether oxygens (including phenoxy) is 1. The Kier molecular flexibility index (Phi) is 2.39. The molecule has 0 aromatic heterocycles. The number of rotatable bonds is 3. The minimum Gasteiger partial charge on any atom is -0.374 e. The second-order valence-corrected chi connectivity index (χ2v) is 6.44. The fourth-order valence-electron chi connectivity index (χ4n) is 4.95. The van der Waals surface area contributed by atoms with Crippen LogP contribution in [0.1, 0.15) is 45.4 Å². The lowest BCUT2D eigenvalue weighted by atomic mass is 9.48. The Hall–Kier alpha value is -0.370. The van der Waals surface area contributed by atoms with E-state index in [2.05, 4.69) is 0 Å². The van der Waals surface area contributed by atoms with Crippen LogP contribution in [0.2, 0.25) is 0 Å². The Morgan fingerprint density at radius 2 is 1.56 bits per heavy atom. The molecule has 4 saturated carbocycles. The first kappa shape index (κ1) is 10.8. The quantitative estimate of drug-likeness (QED) is 0.734. The number of carbonyl (C=O) groups is 1. The third-order valence-electron chi connectivity index (χ3n) is 5.28.